The first-order valence-corrected chi connectivity index (χ1v) is 5.02. The third-order valence-electron chi connectivity index (χ3n) is 2.84. The van der Waals surface area contributed by atoms with Crippen molar-refractivity contribution in [3.05, 3.63) is 17.5 Å². The van der Waals surface area contributed by atoms with E-state index in [4.69, 9.17) is 4.52 Å². The van der Waals surface area contributed by atoms with Gasteiger partial charge in [-0.05, 0) is 20.8 Å². The quantitative estimate of drug-likeness (QED) is 0.695. The molecule has 0 spiro atoms. The molecule has 78 valence electrons. The van der Waals surface area contributed by atoms with Crippen LogP contribution in [-0.2, 0) is 5.54 Å². The predicted octanol–water partition coefficient (Wildman–Crippen LogP) is 0.780. The highest BCUT2D eigenvalue weighted by Crippen LogP contribution is 2.25. The van der Waals surface area contributed by atoms with Crippen molar-refractivity contribution in [2.24, 2.45) is 0 Å². The van der Waals surface area contributed by atoms with Crippen LogP contribution in [0.4, 0.5) is 0 Å². The summed E-state index contributed by atoms with van der Waals surface area (Å²) in [5.74, 6) is 0.899. The second-order valence-corrected chi connectivity index (χ2v) is 4.30. The van der Waals surface area contributed by atoms with Gasteiger partial charge < -0.3 is 15.2 Å². The van der Waals surface area contributed by atoms with Crippen molar-refractivity contribution >= 4 is 0 Å². The van der Waals surface area contributed by atoms with E-state index in [9.17, 15) is 0 Å². The Hall–Kier alpha value is -0.870. The zero-order chi connectivity index (χ0) is 10.2. The zero-order valence-electron chi connectivity index (χ0n) is 8.92. The van der Waals surface area contributed by atoms with Gasteiger partial charge in [0.1, 0.15) is 5.76 Å². The number of hydrogen-bond donors (Lipinski definition) is 2. The molecule has 1 aliphatic heterocycles. The molecular formula is C10H17N3O. The third kappa shape index (κ3) is 1.55. The van der Waals surface area contributed by atoms with Crippen molar-refractivity contribution < 1.29 is 4.52 Å². The molecule has 4 nitrogen and oxygen atoms in total. The van der Waals surface area contributed by atoms with Gasteiger partial charge in [-0.15, -0.1) is 0 Å². The van der Waals surface area contributed by atoms with Crippen LogP contribution in [0.3, 0.4) is 0 Å². The lowest BCUT2D eigenvalue weighted by molar-refractivity contribution is 0.251. The molecule has 14 heavy (non-hydrogen) atoms. The summed E-state index contributed by atoms with van der Waals surface area (Å²) >= 11 is 0. The average Bonchev–Trinajstić information content (AvgIpc) is 2.51. The van der Waals surface area contributed by atoms with Crippen molar-refractivity contribution in [2.75, 3.05) is 13.1 Å². The predicted molar refractivity (Wildman–Crippen MR) is 54.1 cm³/mol. The molecule has 2 unspecified atom stereocenters. The van der Waals surface area contributed by atoms with Crippen LogP contribution < -0.4 is 10.6 Å². The summed E-state index contributed by atoms with van der Waals surface area (Å²) in [6.45, 7) is 8.23. The summed E-state index contributed by atoms with van der Waals surface area (Å²) in [4.78, 5) is 0. The van der Waals surface area contributed by atoms with E-state index < -0.39 is 0 Å². The maximum Gasteiger partial charge on any atom is 0.138 e. The fraction of sp³-hybridized carbons (Fsp3) is 0.700. The lowest BCUT2D eigenvalue weighted by Gasteiger charge is -2.38. The first-order valence-electron chi connectivity index (χ1n) is 5.02. The van der Waals surface area contributed by atoms with E-state index in [1.807, 2.05) is 13.1 Å². The van der Waals surface area contributed by atoms with E-state index in [2.05, 4.69) is 29.6 Å². The Morgan fingerprint density at radius 1 is 1.64 bits per heavy atom. The van der Waals surface area contributed by atoms with Crippen LogP contribution in [0.2, 0.25) is 0 Å². The number of rotatable bonds is 1. The number of nitrogens with one attached hydrogen (secondary N) is 2. The molecule has 1 aromatic rings. The minimum atomic E-state index is -0.0538. The van der Waals surface area contributed by atoms with Gasteiger partial charge in [0.25, 0.3) is 0 Å². The Kier molecular flexibility index (Phi) is 2.33. The first kappa shape index (κ1) is 9.68. The minimum Gasteiger partial charge on any atom is -0.361 e. The molecule has 2 N–H and O–H groups in total. The van der Waals surface area contributed by atoms with Crippen LogP contribution in [0.25, 0.3) is 0 Å². The monoisotopic (exact) mass is 195 g/mol. The van der Waals surface area contributed by atoms with E-state index in [0.29, 0.717) is 6.04 Å². The second-order valence-electron chi connectivity index (χ2n) is 4.30. The molecule has 1 saturated heterocycles. The van der Waals surface area contributed by atoms with Crippen molar-refractivity contribution in [1.29, 1.82) is 0 Å². The van der Waals surface area contributed by atoms with E-state index in [1.54, 1.807) is 0 Å². The minimum absolute atomic E-state index is 0.0538. The molecule has 0 amide bonds. The Balaban J connectivity index is 2.27. The molecule has 1 fully saturated rings. The number of hydrogen-bond acceptors (Lipinski definition) is 4. The molecule has 1 aromatic heterocycles. The van der Waals surface area contributed by atoms with Gasteiger partial charge in [0, 0.05) is 24.7 Å². The SMILES string of the molecule is Cc1oncc1C1(C)CNCC(C)N1. The Labute approximate surface area is 84.0 Å². The molecule has 2 rings (SSSR count). The molecule has 0 bridgehead atoms. The van der Waals surface area contributed by atoms with E-state index >= 15 is 0 Å². The summed E-state index contributed by atoms with van der Waals surface area (Å²) < 4.78 is 5.10. The summed E-state index contributed by atoms with van der Waals surface area (Å²) in [5.41, 5.74) is 1.10. The van der Waals surface area contributed by atoms with Crippen LogP contribution in [0, 0.1) is 6.92 Å². The molecule has 1 aliphatic rings. The van der Waals surface area contributed by atoms with E-state index in [0.717, 1.165) is 24.4 Å². The van der Waals surface area contributed by atoms with E-state index in [-0.39, 0.29) is 5.54 Å². The standard InChI is InChI=1S/C10H17N3O/c1-7-4-11-6-10(3,13-7)9-5-12-14-8(9)2/h5,7,11,13H,4,6H2,1-3H3. The lowest BCUT2D eigenvalue weighted by Crippen LogP contribution is -2.59. The molecule has 0 radical (unpaired) electrons. The molecule has 4 heteroatoms. The van der Waals surface area contributed by atoms with Gasteiger partial charge in [0.15, 0.2) is 0 Å². The van der Waals surface area contributed by atoms with E-state index in [1.165, 1.54) is 0 Å². The summed E-state index contributed by atoms with van der Waals surface area (Å²) in [7, 11) is 0. The van der Waals surface area contributed by atoms with Crippen molar-refractivity contribution in [3.8, 4) is 0 Å². The van der Waals surface area contributed by atoms with Gasteiger partial charge in [-0.3, -0.25) is 0 Å². The number of piperazine rings is 1. The normalized spacial score (nSPS) is 33.2. The molecular weight excluding hydrogens is 178 g/mol. The van der Waals surface area contributed by atoms with Crippen molar-refractivity contribution in [3.63, 3.8) is 0 Å². The Bertz CT molecular complexity index is 323. The topological polar surface area (TPSA) is 50.1 Å². The maximum atomic E-state index is 5.10. The Morgan fingerprint density at radius 3 is 3.00 bits per heavy atom. The van der Waals surface area contributed by atoms with Gasteiger partial charge >= 0.3 is 0 Å². The second kappa shape index (κ2) is 3.37. The highest BCUT2D eigenvalue weighted by Gasteiger charge is 2.34. The summed E-state index contributed by atoms with van der Waals surface area (Å²) in [6.07, 6.45) is 1.81. The molecule has 2 heterocycles. The molecule has 0 aromatic carbocycles. The van der Waals surface area contributed by atoms with Crippen LogP contribution in [-0.4, -0.2) is 24.3 Å². The largest absolute Gasteiger partial charge is 0.361 e. The fourth-order valence-corrected chi connectivity index (χ4v) is 2.19. The van der Waals surface area contributed by atoms with Crippen LogP contribution in [0.5, 0.6) is 0 Å². The highest BCUT2D eigenvalue weighted by molar-refractivity contribution is 5.24. The van der Waals surface area contributed by atoms with Gasteiger partial charge in [0.2, 0.25) is 0 Å². The van der Waals surface area contributed by atoms with Gasteiger partial charge in [-0.2, -0.15) is 0 Å². The Morgan fingerprint density at radius 2 is 2.43 bits per heavy atom. The smallest absolute Gasteiger partial charge is 0.138 e. The number of aromatic nitrogens is 1. The van der Waals surface area contributed by atoms with Crippen molar-refractivity contribution in [1.82, 2.24) is 15.8 Å². The van der Waals surface area contributed by atoms with Crippen LogP contribution in [0.15, 0.2) is 10.7 Å². The molecule has 0 aliphatic carbocycles. The van der Waals surface area contributed by atoms with Gasteiger partial charge in [-0.25, -0.2) is 0 Å². The average molecular weight is 195 g/mol. The maximum absolute atomic E-state index is 5.10. The third-order valence-corrected chi connectivity index (χ3v) is 2.84. The first-order chi connectivity index (χ1) is 6.62. The molecule has 2 atom stereocenters. The summed E-state index contributed by atoms with van der Waals surface area (Å²) in [5, 5.41) is 10.8. The van der Waals surface area contributed by atoms with Crippen molar-refractivity contribution in [2.45, 2.75) is 32.4 Å². The highest BCUT2D eigenvalue weighted by atomic mass is 16.5. The number of aryl methyl sites for hydroxylation is 1. The lowest BCUT2D eigenvalue weighted by atomic mass is 9.90. The fourth-order valence-electron chi connectivity index (χ4n) is 2.19. The molecule has 0 saturated carbocycles. The summed E-state index contributed by atoms with van der Waals surface area (Å²) in [6, 6.07) is 0.475. The number of nitrogens with zero attached hydrogens (tertiary/aromatic N) is 1. The van der Waals surface area contributed by atoms with Crippen LogP contribution >= 0.6 is 0 Å². The zero-order valence-corrected chi connectivity index (χ0v) is 8.92. The van der Waals surface area contributed by atoms with Crippen LogP contribution in [0.1, 0.15) is 25.2 Å². The van der Waals surface area contributed by atoms with Gasteiger partial charge in [-0.1, -0.05) is 5.16 Å². The van der Waals surface area contributed by atoms with Gasteiger partial charge in [0.05, 0.1) is 11.7 Å².